The number of carboxylic acid groups (broad SMARTS) is 2. The quantitative estimate of drug-likeness (QED) is 0.463. The normalized spacial score (nSPS) is 19.8. The number of hydrogen-bond acceptors (Lipinski definition) is 5. The van der Waals surface area contributed by atoms with Crippen LogP contribution in [0.2, 0.25) is 0 Å². The summed E-state index contributed by atoms with van der Waals surface area (Å²) >= 11 is 0. The molecule has 1 aliphatic rings. The number of carboxylic acids is 2. The SMILES string of the molecule is COc1cccc([C@H]2CCCc3ccccc3[C@]2(O)CCCN(C)C)c1.O=C(O)C(=O)O. The van der Waals surface area contributed by atoms with Crippen LogP contribution in [0.1, 0.15) is 48.3 Å². The fraction of sp³-hybridized carbons (Fsp3) is 0.440. The molecule has 2 atom stereocenters. The van der Waals surface area contributed by atoms with Crippen molar-refractivity contribution < 1.29 is 29.6 Å². The molecule has 0 spiro atoms. The average molecular weight is 444 g/mol. The molecule has 0 bridgehead atoms. The number of hydrogen-bond donors (Lipinski definition) is 3. The molecule has 2 aromatic carbocycles. The van der Waals surface area contributed by atoms with Crippen molar-refractivity contribution in [3.63, 3.8) is 0 Å². The summed E-state index contributed by atoms with van der Waals surface area (Å²) < 4.78 is 5.44. The predicted molar refractivity (Wildman–Crippen MR) is 122 cm³/mol. The van der Waals surface area contributed by atoms with Crippen LogP contribution in [0.4, 0.5) is 0 Å². The van der Waals surface area contributed by atoms with Gasteiger partial charge in [0.25, 0.3) is 0 Å². The van der Waals surface area contributed by atoms with Crippen LogP contribution in [0.5, 0.6) is 5.75 Å². The number of methoxy groups -OCH3 is 1. The number of aliphatic carboxylic acids is 2. The summed E-state index contributed by atoms with van der Waals surface area (Å²) in [7, 11) is 5.88. The second-order valence-corrected chi connectivity index (χ2v) is 8.32. The van der Waals surface area contributed by atoms with Gasteiger partial charge in [0.2, 0.25) is 0 Å². The molecule has 0 saturated heterocycles. The van der Waals surface area contributed by atoms with E-state index in [4.69, 9.17) is 24.5 Å². The summed E-state index contributed by atoms with van der Waals surface area (Å²) in [5, 5.41) is 26.8. The highest BCUT2D eigenvalue weighted by Crippen LogP contribution is 2.47. The number of benzene rings is 2. The smallest absolute Gasteiger partial charge is 0.414 e. The fourth-order valence-electron chi connectivity index (χ4n) is 4.36. The molecule has 32 heavy (non-hydrogen) atoms. The number of nitrogens with zero attached hydrogens (tertiary/aromatic N) is 1. The second kappa shape index (κ2) is 11.6. The van der Waals surface area contributed by atoms with Crippen LogP contribution in [0.25, 0.3) is 0 Å². The van der Waals surface area contributed by atoms with E-state index in [0.717, 1.165) is 50.0 Å². The summed E-state index contributed by atoms with van der Waals surface area (Å²) in [5.41, 5.74) is 2.75. The van der Waals surface area contributed by atoms with Gasteiger partial charge in [0, 0.05) is 5.92 Å². The first kappa shape index (κ1) is 25.4. The van der Waals surface area contributed by atoms with E-state index < -0.39 is 17.5 Å². The fourth-order valence-corrected chi connectivity index (χ4v) is 4.36. The summed E-state index contributed by atoms with van der Waals surface area (Å²) in [6.45, 7) is 0.981. The van der Waals surface area contributed by atoms with Gasteiger partial charge in [-0.15, -0.1) is 0 Å². The second-order valence-electron chi connectivity index (χ2n) is 8.32. The highest BCUT2D eigenvalue weighted by atomic mass is 16.5. The predicted octanol–water partition coefficient (Wildman–Crippen LogP) is 3.50. The van der Waals surface area contributed by atoms with Gasteiger partial charge < -0.3 is 25.0 Å². The molecule has 7 nitrogen and oxygen atoms in total. The van der Waals surface area contributed by atoms with Crippen molar-refractivity contribution in [2.24, 2.45) is 0 Å². The molecule has 0 heterocycles. The van der Waals surface area contributed by atoms with E-state index >= 15 is 0 Å². The van der Waals surface area contributed by atoms with Crippen LogP contribution in [0.3, 0.4) is 0 Å². The Labute approximate surface area is 189 Å². The summed E-state index contributed by atoms with van der Waals surface area (Å²) in [4.78, 5) is 20.4. The minimum Gasteiger partial charge on any atom is -0.497 e. The molecule has 0 unspecified atom stereocenters. The van der Waals surface area contributed by atoms with E-state index in [9.17, 15) is 5.11 Å². The van der Waals surface area contributed by atoms with Crippen molar-refractivity contribution in [2.45, 2.75) is 43.6 Å². The maximum atomic E-state index is 12.0. The van der Waals surface area contributed by atoms with Crippen LogP contribution in [0.15, 0.2) is 48.5 Å². The number of ether oxygens (including phenoxy) is 1. The Hall–Kier alpha value is -2.90. The third-order valence-electron chi connectivity index (χ3n) is 5.84. The van der Waals surface area contributed by atoms with Gasteiger partial charge in [-0.1, -0.05) is 36.4 Å². The zero-order valence-corrected chi connectivity index (χ0v) is 19.0. The lowest BCUT2D eigenvalue weighted by Gasteiger charge is -2.37. The van der Waals surface area contributed by atoms with Crippen molar-refractivity contribution in [1.29, 1.82) is 0 Å². The first-order valence-corrected chi connectivity index (χ1v) is 10.7. The van der Waals surface area contributed by atoms with Crippen LogP contribution in [-0.2, 0) is 21.6 Å². The monoisotopic (exact) mass is 443 g/mol. The minimum absolute atomic E-state index is 0.0865. The lowest BCUT2D eigenvalue weighted by molar-refractivity contribution is -0.159. The highest BCUT2D eigenvalue weighted by Gasteiger charge is 2.41. The van der Waals surface area contributed by atoms with Gasteiger partial charge in [-0.05, 0) is 81.6 Å². The molecule has 0 amide bonds. The van der Waals surface area contributed by atoms with Gasteiger partial charge >= 0.3 is 11.9 Å². The van der Waals surface area contributed by atoms with Crippen LogP contribution < -0.4 is 4.74 Å². The zero-order chi connectivity index (χ0) is 23.7. The molecule has 0 aliphatic heterocycles. The van der Waals surface area contributed by atoms with E-state index in [1.807, 2.05) is 12.1 Å². The van der Waals surface area contributed by atoms with Crippen LogP contribution >= 0.6 is 0 Å². The van der Waals surface area contributed by atoms with Crippen molar-refractivity contribution in [1.82, 2.24) is 4.90 Å². The molecule has 3 rings (SSSR count). The van der Waals surface area contributed by atoms with Gasteiger partial charge in [0.1, 0.15) is 5.75 Å². The first-order valence-electron chi connectivity index (χ1n) is 10.7. The third-order valence-corrected chi connectivity index (χ3v) is 5.84. The Kier molecular flexibility index (Phi) is 9.23. The van der Waals surface area contributed by atoms with E-state index in [-0.39, 0.29) is 5.92 Å². The average Bonchev–Trinajstić information content (AvgIpc) is 2.91. The van der Waals surface area contributed by atoms with Gasteiger partial charge in [-0.3, -0.25) is 0 Å². The number of aliphatic hydroxyl groups is 1. The molecule has 1 aliphatic carbocycles. The number of rotatable bonds is 6. The Morgan fingerprint density at radius 3 is 2.41 bits per heavy atom. The molecule has 0 radical (unpaired) electrons. The maximum Gasteiger partial charge on any atom is 0.414 e. The Morgan fingerprint density at radius 1 is 1.09 bits per heavy atom. The Balaban J connectivity index is 0.000000534. The van der Waals surface area contributed by atoms with Crippen molar-refractivity contribution in [2.75, 3.05) is 27.7 Å². The van der Waals surface area contributed by atoms with Gasteiger partial charge in [-0.2, -0.15) is 0 Å². The van der Waals surface area contributed by atoms with E-state index in [0.29, 0.717) is 0 Å². The molecule has 0 aromatic heterocycles. The molecular formula is C25H33NO6. The zero-order valence-electron chi connectivity index (χ0n) is 19.0. The number of aryl methyl sites for hydroxylation is 1. The highest BCUT2D eigenvalue weighted by molar-refractivity contribution is 6.27. The molecule has 3 N–H and O–H groups in total. The molecular weight excluding hydrogens is 410 g/mol. The number of fused-ring (bicyclic) bond motifs is 1. The van der Waals surface area contributed by atoms with Gasteiger partial charge in [-0.25, -0.2) is 9.59 Å². The molecule has 2 aromatic rings. The molecule has 174 valence electrons. The molecule has 7 heteroatoms. The van der Waals surface area contributed by atoms with Crippen LogP contribution in [-0.4, -0.2) is 59.9 Å². The molecule has 0 saturated carbocycles. The summed E-state index contributed by atoms with van der Waals surface area (Å²) in [6.07, 6.45) is 4.85. The number of carbonyl (C=O) groups is 2. The van der Waals surface area contributed by atoms with Crippen molar-refractivity contribution in [3.05, 3.63) is 65.2 Å². The van der Waals surface area contributed by atoms with Gasteiger partial charge in [0.05, 0.1) is 12.7 Å². The van der Waals surface area contributed by atoms with E-state index in [1.165, 1.54) is 11.1 Å². The lowest BCUT2D eigenvalue weighted by atomic mass is 9.73. The van der Waals surface area contributed by atoms with Crippen molar-refractivity contribution >= 4 is 11.9 Å². The van der Waals surface area contributed by atoms with Gasteiger partial charge in [0.15, 0.2) is 0 Å². The Morgan fingerprint density at radius 2 is 1.78 bits per heavy atom. The molecule has 0 fully saturated rings. The lowest BCUT2D eigenvalue weighted by Crippen LogP contribution is -2.34. The summed E-state index contributed by atoms with van der Waals surface area (Å²) in [6, 6.07) is 16.7. The maximum absolute atomic E-state index is 12.0. The standard InChI is InChI=1S/C23H31NO2.C2H2O4/c1-24(2)16-8-15-23(25)21-13-5-4-9-18(21)10-7-14-22(23)19-11-6-12-20(17-19)26-3;3-1(4)2(5)6/h4-6,9,11-13,17,22,25H,7-8,10,14-16H2,1-3H3;(H,3,4)(H,5,6)/t22-,23-;/m1./s1. The topological polar surface area (TPSA) is 107 Å². The van der Waals surface area contributed by atoms with Crippen LogP contribution in [0, 0.1) is 0 Å². The third kappa shape index (κ3) is 6.55. The van der Waals surface area contributed by atoms with E-state index in [1.54, 1.807) is 7.11 Å². The van der Waals surface area contributed by atoms with E-state index in [2.05, 4.69) is 55.4 Å². The minimum atomic E-state index is -1.82. The first-order chi connectivity index (χ1) is 15.2. The summed E-state index contributed by atoms with van der Waals surface area (Å²) in [5.74, 6) is -2.70. The van der Waals surface area contributed by atoms with Crippen molar-refractivity contribution in [3.8, 4) is 5.75 Å². The largest absolute Gasteiger partial charge is 0.497 e. The Bertz CT molecular complexity index is 901.